The van der Waals surface area contributed by atoms with E-state index in [1.807, 2.05) is 18.7 Å². The second kappa shape index (κ2) is 7.58. The van der Waals surface area contributed by atoms with Crippen molar-refractivity contribution in [3.63, 3.8) is 0 Å². The minimum absolute atomic E-state index is 0.00652. The SMILES string of the molecule is CC[C@@H](C)C(=O)N1CCC[C@@H](C(=O)Nc2ncccc2Cl)C1. The number of rotatable bonds is 4. The van der Waals surface area contributed by atoms with Crippen LogP contribution >= 0.6 is 11.6 Å². The monoisotopic (exact) mass is 323 g/mol. The zero-order valence-corrected chi connectivity index (χ0v) is 13.8. The Balaban J connectivity index is 1.98. The summed E-state index contributed by atoms with van der Waals surface area (Å²) in [7, 11) is 0. The number of amides is 2. The quantitative estimate of drug-likeness (QED) is 0.926. The number of hydrogen-bond donors (Lipinski definition) is 1. The highest BCUT2D eigenvalue weighted by molar-refractivity contribution is 6.33. The first-order valence-corrected chi connectivity index (χ1v) is 8.10. The van der Waals surface area contributed by atoms with E-state index in [9.17, 15) is 9.59 Å². The van der Waals surface area contributed by atoms with Gasteiger partial charge in [-0.1, -0.05) is 25.4 Å². The number of likely N-dealkylation sites (tertiary alicyclic amines) is 1. The van der Waals surface area contributed by atoms with Gasteiger partial charge in [-0.05, 0) is 31.4 Å². The number of pyridine rings is 1. The van der Waals surface area contributed by atoms with Crippen LogP contribution in [0.5, 0.6) is 0 Å². The summed E-state index contributed by atoms with van der Waals surface area (Å²) in [6, 6.07) is 3.40. The molecule has 1 saturated heterocycles. The van der Waals surface area contributed by atoms with Crippen molar-refractivity contribution in [3.05, 3.63) is 23.4 Å². The van der Waals surface area contributed by atoms with Crippen LogP contribution in [0.15, 0.2) is 18.3 Å². The molecule has 120 valence electrons. The topological polar surface area (TPSA) is 62.3 Å². The van der Waals surface area contributed by atoms with Crippen molar-refractivity contribution in [1.29, 1.82) is 0 Å². The van der Waals surface area contributed by atoms with Crippen LogP contribution in [0, 0.1) is 11.8 Å². The van der Waals surface area contributed by atoms with E-state index < -0.39 is 0 Å². The third kappa shape index (κ3) is 3.97. The molecule has 2 heterocycles. The Labute approximate surface area is 136 Å². The van der Waals surface area contributed by atoms with Gasteiger partial charge in [-0.15, -0.1) is 0 Å². The summed E-state index contributed by atoms with van der Waals surface area (Å²) < 4.78 is 0. The van der Waals surface area contributed by atoms with E-state index in [4.69, 9.17) is 11.6 Å². The van der Waals surface area contributed by atoms with Crippen LogP contribution in [0.4, 0.5) is 5.82 Å². The molecule has 2 rings (SSSR count). The van der Waals surface area contributed by atoms with E-state index in [0.717, 1.165) is 25.8 Å². The molecular formula is C16H22ClN3O2. The molecular weight excluding hydrogens is 302 g/mol. The van der Waals surface area contributed by atoms with E-state index in [2.05, 4.69) is 10.3 Å². The third-order valence-corrected chi connectivity index (χ3v) is 4.44. The van der Waals surface area contributed by atoms with E-state index in [0.29, 0.717) is 17.4 Å². The van der Waals surface area contributed by atoms with Gasteiger partial charge in [-0.2, -0.15) is 0 Å². The van der Waals surface area contributed by atoms with Crippen molar-refractivity contribution in [1.82, 2.24) is 9.88 Å². The number of aromatic nitrogens is 1. The fourth-order valence-electron chi connectivity index (χ4n) is 2.57. The largest absolute Gasteiger partial charge is 0.342 e. The number of carbonyl (C=O) groups excluding carboxylic acids is 2. The standard InChI is InChI=1S/C16H22ClN3O2/c1-3-11(2)16(22)20-9-5-6-12(10-20)15(21)19-14-13(17)7-4-8-18-14/h4,7-8,11-12H,3,5-6,9-10H2,1-2H3,(H,18,19,21)/t11-,12-/m1/s1. The predicted octanol–water partition coefficient (Wildman–Crippen LogP) is 2.96. The summed E-state index contributed by atoms with van der Waals surface area (Å²) in [5.41, 5.74) is 0. The molecule has 22 heavy (non-hydrogen) atoms. The second-order valence-electron chi connectivity index (χ2n) is 5.76. The summed E-state index contributed by atoms with van der Waals surface area (Å²) in [6.45, 7) is 5.14. The fourth-order valence-corrected chi connectivity index (χ4v) is 2.74. The number of nitrogens with zero attached hydrogens (tertiary/aromatic N) is 2. The number of anilines is 1. The van der Waals surface area contributed by atoms with Crippen LogP contribution in [0.25, 0.3) is 0 Å². The summed E-state index contributed by atoms with van der Waals surface area (Å²) in [6.07, 6.45) is 4.02. The van der Waals surface area contributed by atoms with E-state index in [1.54, 1.807) is 18.3 Å². The Hall–Kier alpha value is -1.62. The molecule has 5 nitrogen and oxygen atoms in total. The van der Waals surface area contributed by atoms with Gasteiger partial charge in [0.2, 0.25) is 11.8 Å². The molecule has 0 bridgehead atoms. The average molecular weight is 324 g/mol. The van der Waals surface area contributed by atoms with Crippen molar-refractivity contribution in [2.24, 2.45) is 11.8 Å². The van der Waals surface area contributed by atoms with Gasteiger partial charge in [-0.3, -0.25) is 9.59 Å². The Morgan fingerprint density at radius 3 is 3.00 bits per heavy atom. The van der Waals surface area contributed by atoms with Gasteiger partial charge in [0.15, 0.2) is 5.82 Å². The molecule has 6 heteroatoms. The summed E-state index contributed by atoms with van der Waals surface area (Å²) in [5, 5.41) is 3.18. The molecule has 0 spiro atoms. The summed E-state index contributed by atoms with van der Waals surface area (Å²) in [5.74, 6) is 0.185. The maximum Gasteiger partial charge on any atom is 0.230 e. The number of hydrogen-bond acceptors (Lipinski definition) is 3. The molecule has 0 unspecified atom stereocenters. The Morgan fingerprint density at radius 2 is 2.32 bits per heavy atom. The molecule has 0 aromatic carbocycles. The van der Waals surface area contributed by atoms with E-state index in [1.165, 1.54) is 0 Å². The molecule has 2 atom stereocenters. The van der Waals surface area contributed by atoms with Crippen LogP contribution in [0.2, 0.25) is 5.02 Å². The predicted molar refractivity (Wildman–Crippen MR) is 86.6 cm³/mol. The van der Waals surface area contributed by atoms with Gasteiger partial charge in [0.1, 0.15) is 0 Å². The van der Waals surface area contributed by atoms with Crippen LogP contribution in [0.1, 0.15) is 33.1 Å². The maximum absolute atomic E-state index is 12.4. The lowest BCUT2D eigenvalue weighted by molar-refractivity contribution is -0.138. The molecule has 2 amide bonds. The van der Waals surface area contributed by atoms with E-state index >= 15 is 0 Å². The lowest BCUT2D eigenvalue weighted by Crippen LogP contribution is -2.45. The van der Waals surface area contributed by atoms with Gasteiger partial charge in [-0.25, -0.2) is 4.98 Å². The third-order valence-electron chi connectivity index (χ3n) is 4.14. The highest BCUT2D eigenvalue weighted by Gasteiger charge is 2.30. The Morgan fingerprint density at radius 1 is 1.55 bits per heavy atom. The number of halogens is 1. The van der Waals surface area contributed by atoms with Gasteiger partial charge in [0, 0.05) is 25.2 Å². The van der Waals surface area contributed by atoms with Crippen LogP contribution in [-0.4, -0.2) is 34.8 Å². The maximum atomic E-state index is 12.4. The van der Waals surface area contributed by atoms with Crippen molar-refractivity contribution in [3.8, 4) is 0 Å². The Kier molecular flexibility index (Phi) is 5.77. The summed E-state index contributed by atoms with van der Waals surface area (Å²) in [4.78, 5) is 30.5. The smallest absolute Gasteiger partial charge is 0.230 e. The minimum atomic E-state index is -0.208. The normalized spacial score (nSPS) is 19.6. The zero-order valence-electron chi connectivity index (χ0n) is 13.0. The highest BCUT2D eigenvalue weighted by Crippen LogP contribution is 2.23. The van der Waals surface area contributed by atoms with E-state index in [-0.39, 0.29) is 23.7 Å². The number of nitrogens with one attached hydrogen (secondary N) is 1. The van der Waals surface area contributed by atoms with Gasteiger partial charge in [0.25, 0.3) is 0 Å². The van der Waals surface area contributed by atoms with Gasteiger partial charge >= 0.3 is 0 Å². The van der Waals surface area contributed by atoms with Crippen molar-refractivity contribution >= 4 is 29.2 Å². The first kappa shape index (κ1) is 16.7. The highest BCUT2D eigenvalue weighted by atomic mass is 35.5. The molecule has 0 radical (unpaired) electrons. The molecule has 0 saturated carbocycles. The molecule has 1 N–H and O–H groups in total. The van der Waals surface area contributed by atoms with Crippen molar-refractivity contribution < 1.29 is 9.59 Å². The molecule has 0 aliphatic carbocycles. The lowest BCUT2D eigenvalue weighted by atomic mass is 9.95. The fraction of sp³-hybridized carbons (Fsp3) is 0.562. The molecule has 1 aliphatic rings. The Bertz CT molecular complexity index is 550. The average Bonchev–Trinajstić information content (AvgIpc) is 2.55. The second-order valence-corrected chi connectivity index (χ2v) is 6.16. The molecule has 1 aromatic heterocycles. The van der Waals surface area contributed by atoms with Crippen molar-refractivity contribution in [2.45, 2.75) is 33.1 Å². The van der Waals surface area contributed by atoms with Crippen molar-refractivity contribution in [2.75, 3.05) is 18.4 Å². The number of piperidine rings is 1. The van der Waals surface area contributed by atoms with Crippen LogP contribution in [0.3, 0.4) is 0 Å². The minimum Gasteiger partial charge on any atom is -0.342 e. The number of carbonyl (C=O) groups is 2. The van der Waals surface area contributed by atoms with Crippen LogP contribution < -0.4 is 5.32 Å². The first-order chi connectivity index (χ1) is 10.5. The molecule has 1 fully saturated rings. The first-order valence-electron chi connectivity index (χ1n) is 7.73. The molecule has 1 aromatic rings. The lowest BCUT2D eigenvalue weighted by Gasteiger charge is -2.33. The summed E-state index contributed by atoms with van der Waals surface area (Å²) >= 11 is 6.00. The van der Waals surface area contributed by atoms with Gasteiger partial charge < -0.3 is 10.2 Å². The van der Waals surface area contributed by atoms with Gasteiger partial charge in [0.05, 0.1) is 10.9 Å². The molecule has 1 aliphatic heterocycles. The van der Waals surface area contributed by atoms with Crippen LogP contribution in [-0.2, 0) is 9.59 Å². The zero-order chi connectivity index (χ0) is 16.1.